The maximum atomic E-state index is 13.3. The van der Waals surface area contributed by atoms with Gasteiger partial charge in [-0.2, -0.15) is 13.2 Å². The van der Waals surface area contributed by atoms with Crippen LogP contribution in [0.3, 0.4) is 0 Å². The molecule has 1 fully saturated rings. The van der Waals surface area contributed by atoms with Gasteiger partial charge in [0.05, 0.1) is 40.4 Å². The predicted octanol–water partition coefficient (Wildman–Crippen LogP) is 5.37. The van der Waals surface area contributed by atoms with Crippen LogP contribution in [0.4, 0.5) is 13.2 Å². The van der Waals surface area contributed by atoms with Crippen LogP contribution in [0.2, 0.25) is 5.02 Å². The van der Waals surface area contributed by atoms with E-state index in [-0.39, 0.29) is 11.6 Å². The summed E-state index contributed by atoms with van der Waals surface area (Å²) in [4.78, 5) is 17.3. The molecule has 0 saturated carbocycles. The van der Waals surface area contributed by atoms with Gasteiger partial charge >= 0.3 is 6.18 Å². The summed E-state index contributed by atoms with van der Waals surface area (Å²) in [6.07, 6.45) is 1.68. The Morgan fingerprint density at radius 2 is 2.03 bits per heavy atom. The summed E-state index contributed by atoms with van der Waals surface area (Å²) >= 11 is 6.01. The number of hydrogen-bond donors (Lipinski definition) is 2. The monoisotopic (exact) mass is 476 g/mol. The Balaban J connectivity index is 1.68. The van der Waals surface area contributed by atoms with Gasteiger partial charge in [0.25, 0.3) is 5.91 Å². The number of aryl methyl sites for hydroxylation is 1. The molecule has 2 heterocycles. The smallest absolute Gasteiger partial charge is 0.344 e. The second kappa shape index (κ2) is 9.57. The summed E-state index contributed by atoms with van der Waals surface area (Å²) in [5.41, 5.74) is 1.47. The summed E-state index contributed by atoms with van der Waals surface area (Å²) < 4.78 is 41.8. The molecule has 2 aromatic carbocycles. The summed E-state index contributed by atoms with van der Waals surface area (Å²) in [6, 6.07) is 10.6. The topological polar surface area (TPSA) is 59.0 Å². The lowest BCUT2D eigenvalue weighted by Gasteiger charge is -2.32. The number of nitrogens with one attached hydrogen (secondary N) is 2. The van der Waals surface area contributed by atoms with Gasteiger partial charge < -0.3 is 15.2 Å². The standard InChI is InChI=1S/C24H24ClF3N4O/c1-32-14-29-13-20(32)15-6-4-7-16(12-15)22(19-10-2-3-11-30-19)31-23(33)17-8-5-9-18(21(17)25)24(26,27)28/h4-9,12-14,19,22,30H,2-3,10-11H2,1H3,(H,31,33)/t19-,22?/m0/s1. The SMILES string of the molecule is Cn1cncc1-c1cccc(C(NC(=O)c2cccc(C(F)(F)F)c2Cl)[C@@H]2CCCCN2)c1. The Morgan fingerprint density at radius 1 is 1.24 bits per heavy atom. The second-order valence-electron chi connectivity index (χ2n) is 8.19. The maximum Gasteiger partial charge on any atom is 0.417 e. The highest BCUT2D eigenvalue weighted by atomic mass is 35.5. The molecule has 3 aromatic rings. The molecule has 33 heavy (non-hydrogen) atoms. The molecule has 4 rings (SSSR count). The molecular weight excluding hydrogens is 453 g/mol. The zero-order valence-corrected chi connectivity index (χ0v) is 18.7. The molecule has 1 unspecified atom stereocenters. The van der Waals surface area contributed by atoms with E-state index in [2.05, 4.69) is 15.6 Å². The van der Waals surface area contributed by atoms with Gasteiger partial charge in [0.1, 0.15) is 0 Å². The first-order chi connectivity index (χ1) is 15.8. The fraction of sp³-hybridized carbons (Fsp3) is 0.333. The molecule has 2 atom stereocenters. The number of aromatic nitrogens is 2. The first-order valence-electron chi connectivity index (χ1n) is 10.7. The highest BCUT2D eigenvalue weighted by Gasteiger charge is 2.35. The number of halogens is 4. The number of carbonyl (C=O) groups excluding carboxylic acids is 1. The van der Waals surface area contributed by atoms with Crippen molar-refractivity contribution in [2.45, 2.75) is 37.5 Å². The molecule has 5 nitrogen and oxygen atoms in total. The zero-order chi connectivity index (χ0) is 23.6. The van der Waals surface area contributed by atoms with Crippen molar-refractivity contribution >= 4 is 17.5 Å². The van der Waals surface area contributed by atoms with E-state index in [0.717, 1.165) is 48.7 Å². The quantitative estimate of drug-likeness (QED) is 0.520. The number of carbonyl (C=O) groups is 1. The lowest BCUT2D eigenvalue weighted by atomic mass is 9.91. The predicted molar refractivity (Wildman–Crippen MR) is 121 cm³/mol. The van der Waals surface area contributed by atoms with Crippen LogP contribution in [-0.2, 0) is 13.2 Å². The summed E-state index contributed by atoms with van der Waals surface area (Å²) in [5, 5.41) is 5.80. The van der Waals surface area contributed by atoms with E-state index in [9.17, 15) is 18.0 Å². The molecule has 1 saturated heterocycles. The van der Waals surface area contributed by atoms with E-state index in [1.165, 1.54) is 12.1 Å². The van der Waals surface area contributed by atoms with Crippen molar-refractivity contribution in [3.05, 3.63) is 76.7 Å². The Hall–Kier alpha value is -2.84. The van der Waals surface area contributed by atoms with Crippen LogP contribution >= 0.6 is 11.6 Å². The highest BCUT2D eigenvalue weighted by Crippen LogP contribution is 2.36. The van der Waals surface area contributed by atoms with Gasteiger partial charge in [-0.05, 0) is 43.1 Å². The minimum absolute atomic E-state index is 0.0611. The van der Waals surface area contributed by atoms with Crippen LogP contribution in [0.1, 0.15) is 46.8 Å². The third kappa shape index (κ3) is 5.07. The van der Waals surface area contributed by atoms with Crippen LogP contribution in [0.5, 0.6) is 0 Å². The van der Waals surface area contributed by atoms with Gasteiger partial charge in [0.15, 0.2) is 0 Å². The Labute approximate surface area is 195 Å². The number of imidazole rings is 1. The Bertz CT molecular complexity index is 1140. The van der Waals surface area contributed by atoms with Crippen molar-refractivity contribution in [3.8, 4) is 11.3 Å². The molecule has 1 aliphatic heterocycles. The van der Waals surface area contributed by atoms with Crippen LogP contribution < -0.4 is 10.6 Å². The number of hydrogen-bond acceptors (Lipinski definition) is 3. The van der Waals surface area contributed by atoms with Crippen molar-refractivity contribution in [3.63, 3.8) is 0 Å². The van der Waals surface area contributed by atoms with Crippen molar-refractivity contribution < 1.29 is 18.0 Å². The molecule has 1 aliphatic rings. The zero-order valence-electron chi connectivity index (χ0n) is 18.0. The first kappa shape index (κ1) is 23.3. The minimum atomic E-state index is -4.64. The Kier molecular flexibility index (Phi) is 6.76. The van der Waals surface area contributed by atoms with Crippen molar-refractivity contribution in [1.82, 2.24) is 20.2 Å². The molecule has 0 aliphatic carbocycles. The maximum absolute atomic E-state index is 13.3. The number of amides is 1. The molecule has 174 valence electrons. The van der Waals surface area contributed by atoms with E-state index in [1.54, 1.807) is 12.5 Å². The molecule has 1 aromatic heterocycles. The average Bonchev–Trinajstić information content (AvgIpc) is 3.23. The lowest BCUT2D eigenvalue weighted by molar-refractivity contribution is -0.137. The van der Waals surface area contributed by atoms with Gasteiger partial charge in [-0.3, -0.25) is 4.79 Å². The highest BCUT2D eigenvalue weighted by molar-refractivity contribution is 6.34. The second-order valence-corrected chi connectivity index (χ2v) is 8.57. The van der Waals surface area contributed by atoms with Gasteiger partial charge in [-0.1, -0.05) is 42.3 Å². The molecule has 2 N–H and O–H groups in total. The average molecular weight is 477 g/mol. The van der Waals surface area contributed by atoms with Crippen LogP contribution in [0.15, 0.2) is 55.0 Å². The molecular formula is C24H24ClF3N4O. The van der Waals surface area contributed by atoms with E-state index in [0.29, 0.717) is 0 Å². The number of alkyl halides is 3. The normalized spacial score (nSPS) is 17.5. The number of piperidine rings is 1. The van der Waals surface area contributed by atoms with Crippen LogP contribution in [0, 0.1) is 0 Å². The van der Waals surface area contributed by atoms with E-state index in [1.807, 2.05) is 35.9 Å². The third-order valence-corrected chi connectivity index (χ3v) is 6.35. The minimum Gasteiger partial charge on any atom is -0.344 e. The molecule has 9 heteroatoms. The Morgan fingerprint density at radius 3 is 2.70 bits per heavy atom. The van der Waals surface area contributed by atoms with Crippen LogP contribution in [-0.4, -0.2) is 28.0 Å². The van der Waals surface area contributed by atoms with Gasteiger partial charge in [-0.15, -0.1) is 0 Å². The van der Waals surface area contributed by atoms with Crippen LogP contribution in [0.25, 0.3) is 11.3 Å². The summed E-state index contributed by atoms with van der Waals surface area (Å²) in [7, 11) is 1.90. The van der Waals surface area contributed by atoms with Gasteiger partial charge in [0, 0.05) is 18.7 Å². The third-order valence-electron chi connectivity index (χ3n) is 5.94. The van der Waals surface area contributed by atoms with Gasteiger partial charge in [-0.25, -0.2) is 4.98 Å². The molecule has 0 spiro atoms. The lowest BCUT2D eigenvalue weighted by Crippen LogP contribution is -2.46. The van der Waals surface area contributed by atoms with E-state index >= 15 is 0 Å². The van der Waals surface area contributed by atoms with Crippen molar-refractivity contribution in [1.29, 1.82) is 0 Å². The largest absolute Gasteiger partial charge is 0.417 e. The van der Waals surface area contributed by atoms with E-state index < -0.39 is 28.7 Å². The molecule has 0 bridgehead atoms. The van der Waals surface area contributed by atoms with E-state index in [4.69, 9.17) is 11.6 Å². The fourth-order valence-electron chi connectivity index (χ4n) is 4.25. The van der Waals surface area contributed by atoms with Gasteiger partial charge in [0.2, 0.25) is 0 Å². The number of rotatable bonds is 5. The van der Waals surface area contributed by atoms with Crippen molar-refractivity contribution in [2.75, 3.05) is 6.54 Å². The number of nitrogens with zero attached hydrogens (tertiary/aromatic N) is 2. The fourth-order valence-corrected chi connectivity index (χ4v) is 4.57. The summed E-state index contributed by atoms with van der Waals surface area (Å²) in [6.45, 7) is 0.808. The van der Waals surface area contributed by atoms with Crippen molar-refractivity contribution in [2.24, 2.45) is 7.05 Å². The molecule has 1 amide bonds. The first-order valence-corrected chi connectivity index (χ1v) is 11.1. The molecule has 0 radical (unpaired) electrons. The summed E-state index contributed by atoms with van der Waals surface area (Å²) in [5.74, 6) is -0.644. The number of benzene rings is 2.